The second kappa shape index (κ2) is 8.79. The first-order chi connectivity index (χ1) is 11.0. The molecule has 2 amide bonds. The zero-order valence-electron chi connectivity index (χ0n) is 12.7. The Morgan fingerprint density at radius 2 is 1.83 bits per heavy atom. The summed E-state index contributed by atoms with van der Waals surface area (Å²) in [5, 5.41) is 6.18. The predicted octanol–water partition coefficient (Wildman–Crippen LogP) is 4.37. The zero-order chi connectivity index (χ0) is 16.7. The monoisotopic (exact) mass is 396 g/mol. The number of carbonyl (C=O) groups excluding carboxylic acids is 1. The minimum absolute atomic E-state index is 0.261. The van der Waals surface area contributed by atoms with Crippen LogP contribution in [0.3, 0.4) is 0 Å². The highest BCUT2D eigenvalue weighted by atomic mass is 79.9. The molecule has 2 rings (SSSR count). The average Bonchev–Trinajstić information content (AvgIpc) is 2.51. The van der Waals surface area contributed by atoms with Gasteiger partial charge >= 0.3 is 6.03 Å². The van der Waals surface area contributed by atoms with Gasteiger partial charge in [-0.3, -0.25) is 0 Å². The second-order valence-electron chi connectivity index (χ2n) is 4.99. The number of benzene rings is 2. The van der Waals surface area contributed by atoms with Crippen LogP contribution in [0.4, 0.5) is 4.79 Å². The van der Waals surface area contributed by atoms with Gasteiger partial charge in [0.1, 0.15) is 5.75 Å². The van der Waals surface area contributed by atoms with Crippen LogP contribution in [0.15, 0.2) is 53.0 Å². The Kier molecular flexibility index (Phi) is 6.74. The Balaban J connectivity index is 1.69. The number of hydrogen-bond donors (Lipinski definition) is 2. The van der Waals surface area contributed by atoms with Gasteiger partial charge in [0.25, 0.3) is 0 Å². The van der Waals surface area contributed by atoms with Crippen LogP contribution in [-0.4, -0.2) is 18.8 Å². The maximum atomic E-state index is 11.8. The molecule has 6 heteroatoms. The van der Waals surface area contributed by atoms with Crippen molar-refractivity contribution >= 4 is 33.6 Å². The summed E-state index contributed by atoms with van der Waals surface area (Å²) in [5.74, 6) is 0.650. The quantitative estimate of drug-likeness (QED) is 0.711. The summed E-state index contributed by atoms with van der Waals surface area (Å²) in [7, 11) is 0. The summed E-state index contributed by atoms with van der Waals surface area (Å²) in [6.07, 6.45) is 0.330. The van der Waals surface area contributed by atoms with Crippen LogP contribution in [0, 0.1) is 0 Å². The maximum absolute atomic E-state index is 11.8. The Hall–Kier alpha value is -1.72. The van der Waals surface area contributed by atoms with Crippen molar-refractivity contribution in [3.05, 3.63) is 63.6 Å². The molecule has 0 bridgehead atoms. The first kappa shape index (κ1) is 17.6. The maximum Gasteiger partial charge on any atom is 0.317 e. The van der Waals surface area contributed by atoms with E-state index in [0.29, 0.717) is 17.3 Å². The molecule has 0 aliphatic heterocycles. The summed E-state index contributed by atoms with van der Waals surface area (Å²) < 4.78 is 6.62. The third-order valence-electron chi connectivity index (χ3n) is 3.07. The van der Waals surface area contributed by atoms with E-state index in [9.17, 15) is 4.79 Å². The molecule has 122 valence electrons. The van der Waals surface area contributed by atoms with Gasteiger partial charge in [0.05, 0.1) is 0 Å². The van der Waals surface area contributed by atoms with Crippen LogP contribution in [0.2, 0.25) is 5.02 Å². The van der Waals surface area contributed by atoms with Crippen molar-refractivity contribution in [1.29, 1.82) is 0 Å². The standard InChI is InChI=1S/C17H18BrClN2O2/c1-12(23-16-8-6-15(19)7-9-16)21-17(22)20-11-10-13-2-4-14(18)5-3-13/h2-9,12H,10-11H2,1H3,(H2,20,21,22). The Labute approximate surface area is 149 Å². The Morgan fingerprint density at radius 1 is 1.17 bits per heavy atom. The van der Waals surface area contributed by atoms with E-state index in [1.54, 1.807) is 31.2 Å². The highest BCUT2D eigenvalue weighted by molar-refractivity contribution is 9.10. The fourth-order valence-electron chi connectivity index (χ4n) is 1.95. The smallest absolute Gasteiger partial charge is 0.317 e. The molecule has 0 saturated heterocycles. The average molecular weight is 398 g/mol. The molecule has 0 radical (unpaired) electrons. The summed E-state index contributed by atoms with van der Waals surface area (Å²) in [5.41, 5.74) is 1.17. The molecule has 0 fully saturated rings. The number of hydrogen-bond acceptors (Lipinski definition) is 2. The van der Waals surface area contributed by atoms with E-state index in [4.69, 9.17) is 16.3 Å². The molecule has 0 aromatic heterocycles. The van der Waals surface area contributed by atoms with Gasteiger partial charge in [-0.05, 0) is 55.3 Å². The van der Waals surface area contributed by atoms with E-state index < -0.39 is 6.23 Å². The summed E-state index contributed by atoms with van der Waals surface area (Å²) in [6.45, 7) is 2.32. The first-order valence-electron chi connectivity index (χ1n) is 7.24. The van der Waals surface area contributed by atoms with Crippen LogP contribution in [-0.2, 0) is 6.42 Å². The number of halogens is 2. The van der Waals surface area contributed by atoms with E-state index in [1.165, 1.54) is 5.56 Å². The lowest BCUT2D eigenvalue weighted by molar-refractivity contribution is 0.177. The van der Waals surface area contributed by atoms with Crippen molar-refractivity contribution in [2.45, 2.75) is 19.6 Å². The highest BCUT2D eigenvalue weighted by Crippen LogP contribution is 2.16. The van der Waals surface area contributed by atoms with Crippen molar-refractivity contribution in [2.75, 3.05) is 6.54 Å². The minimum Gasteiger partial charge on any atom is -0.471 e. The number of amides is 2. The van der Waals surface area contributed by atoms with Gasteiger partial charge in [-0.2, -0.15) is 0 Å². The fourth-order valence-corrected chi connectivity index (χ4v) is 2.34. The van der Waals surface area contributed by atoms with Gasteiger partial charge < -0.3 is 15.4 Å². The van der Waals surface area contributed by atoms with Gasteiger partial charge in [0.2, 0.25) is 0 Å². The molecule has 2 N–H and O–H groups in total. The fraction of sp³-hybridized carbons (Fsp3) is 0.235. The van der Waals surface area contributed by atoms with E-state index >= 15 is 0 Å². The molecule has 2 aromatic rings. The molecule has 1 unspecified atom stereocenters. The number of carbonyl (C=O) groups is 1. The van der Waals surface area contributed by atoms with Crippen molar-refractivity contribution in [3.63, 3.8) is 0 Å². The Bertz CT molecular complexity index is 632. The van der Waals surface area contributed by atoms with Crippen LogP contribution in [0.1, 0.15) is 12.5 Å². The van der Waals surface area contributed by atoms with Gasteiger partial charge in [-0.15, -0.1) is 0 Å². The lowest BCUT2D eigenvalue weighted by atomic mass is 10.1. The summed E-state index contributed by atoms with van der Waals surface area (Å²) >= 11 is 9.21. The lowest BCUT2D eigenvalue weighted by Gasteiger charge is -2.16. The van der Waals surface area contributed by atoms with Gasteiger partial charge in [0.15, 0.2) is 6.23 Å². The van der Waals surface area contributed by atoms with Gasteiger partial charge in [0, 0.05) is 16.0 Å². The SMILES string of the molecule is CC(NC(=O)NCCc1ccc(Br)cc1)Oc1ccc(Cl)cc1. The van der Waals surface area contributed by atoms with Crippen LogP contribution >= 0.6 is 27.5 Å². The minimum atomic E-state index is -0.441. The zero-order valence-corrected chi connectivity index (χ0v) is 15.0. The van der Waals surface area contributed by atoms with Gasteiger partial charge in [-0.1, -0.05) is 39.7 Å². The van der Waals surface area contributed by atoms with Crippen molar-refractivity contribution in [1.82, 2.24) is 10.6 Å². The molecule has 23 heavy (non-hydrogen) atoms. The molecule has 1 atom stereocenters. The predicted molar refractivity (Wildman–Crippen MR) is 95.9 cm³/mol. The molecule has 0 heterocycles. The topological polar surface area (TPSA) is 50.4 Å². The molecule has 0 aliphatic rings. The van der Waals surface area contributed by atoms with Crippen molar-refractivity contribution in [3.8, 4) is 5.75 Å². The molecular weight excluding hydrogens is 380 g/mol. The number of nitrogens with one attached hydrogen (secondary N) is 2. The van der Waals surface area contributed by atoms with Gasteiger partial charge in [-0.25, -0.2) is 4.79 Å². The van der Waals surface area contributed by atoms with E-state index in [0.717, 1.165) is 10.9 Å². The van der Waals surface area contributed by atoms with Crippen molar-refractivity contribution < 1.29 is 9.53 Å². The van der Waals surface area contributed by atoms with E-state index in [-0.39, 0.29) is 6.03 Å². The van der Waals surface area contributed by atoms with E-state index in [1.807, 2.05) is 24.3 Å². The van der Waals surface area contributed by atoms with Crippen molar-refractivity contribution in [2.24, 2.45) is 0 Å². The van der Waals surface area contributed by atoms with Crippen LogP contribution < -0.4 is 15.4 Å². The summed E-state index contributed by atoms with van der Waals surface area (Å²) in [6, 6.07) is 14.7. The van der Waals surface area contributed by atoms with Crippen LogP contribution in [0.5, 0.6) is 5.75 Å². The molecular formula is C17H18BrClN2O2. The molecule has 4 nitrogen and oxygen atoms in total. The number of ether oxygens (including phenoxy) is 1. The number of urea groups is 1. The van der Waals surface area contributed by atoms with Crippen LogP contribution in [0.25, 0.3) is 0 Å². The lowest BCUT2D eigenvalue weighted by Crippen LogP contribution is -2.43. The highest BCUT2D eigenvalue weighted by Gasteiger charge is 2.08. The Morgan fingerprint density at radius 3 is 2.48 bits per heavy atom. The third kappa shape index (κ3) is 6.50. The molecule has 0 saturated carbocycles. The van der Waals surface area contributed by atoms with E-state index in [2.05, 4.69) is 26.6 Å². The number of rotatable bonds is 6. The largest absolute Gasteiger partial charge is 0.471 e. The normalized spacial score (nSPS) is 11.6. The first-order valence-corrected chi connectivity index (χ1v) is 8.41. The third-order valence-corrected chi connectivity index (χ3v) is 3.85. The molecule has 2 aromatic carbocycles. The summed E-state index contributed by atoms with van der Waals surface area (Å²) in [4.78, 5) is 11.8. The second-order valence-corrected chi connectivity index (χ2v) is 6.34. The molecule has 0 aliphatic carbocycles. The molecule has 0 spiro atoms.